The molecule has 1 saturated heterocycles. The second-order valence-electron chi connectivity index (χ2n) is 7.63. The van der Waals surface area contributed by atoms with Crippen LogP contribution in [-0.2, 0) is 11.3 Å². The molecule has 1 amide bonds. The van der Waals surface area contributed by atoms with Crippen molar-refractivity contribution in [3.8, 4) is 0 Å². The summed E-state index contributed by atoms with van der Waals surface area (Å²) in [4.78, 5) is 31.8. The number of unbranched alkanes of at least 4 members (excludes halogenated alkanes) is 1. The molecule has 0 spiro atoms. The molecular weight excluding hydrogens is 473 g/mol. The van der Waals surface area contributed by atoms with Crippen molar-refractivity contribution in [1.29, 1.82) is 0 Å². The van der Waals surface area contributed by atoms with Crippen molar-refractivity contribution in [1.82, 2.24) is 14.4 Å². The maximum Gasteiger partial charge on any atom is 0.410 e. The molecule has 2 N–H and O–H groups in total. The molecule has 0 radical (unpaired) electrons. The van der Waals surface area contributed by atoms with Crippen molar-refractivity contribution in [3.05, 3.63) is 34.7 Å². The first-order chi connectivity index (χ1) is 12.8. The first kappa shape index (κ1) is 24.3. The van der Waals surface area contributed by atoms with E-state index < -0.39 is 5.60 Å². The predicted molar refractivity (Wildman–Crippen MR) is 121 cm³/mol. The van der Waals surface area contributed by atoms with E-state index in [1.165, 1.54) is 0 Å². The Morgan fingerprint density at radius 2 is 1.79 bits per heavy atom. The monoisotopic (exact) mass is 505 g/mol. The molecule has 8 nitrogen and oxygen atoms in total. The van der Waals surface area contributed by atoms with E-state index in [4.69, 9.17) is 10.5 Å². The molecule has 9 heteroatoms. The summed E-state index contributed by atoms with van der Waals surface area (Å²) in [5, 5.41) is 0. The van der Waals surface area contributed by atoms with E-state index >= 15 is 0 Å². The van der Waals surface area contributed by atoms with Crippen molar-refractivity contribution in [2.75, 3.05) is 32.7 Å². The third-order valence-corrected chi connectivity index (χ3v) is 4.24. The zero-order valence-electron chi connectivity index (χ0n) is 17.0. The average Bonchev–Trinajstić information content (AvgIpc) is 2.61. The van der Waals surface area contributed by atoms with Crippen LogP contribution in [0, 0.1) is 0 Å². The van der Waals surface area contributed by atoms with Gasteiger partial charge in [-0.2, -0.15) is 0 Å². The van der Waals surface area contributed by atoms with Crippen LogP contribution in [-0.4, -0.2) is 64.7 Å². The lowest BCUT2D eigenvalue weighted by atomic mass is 10.2. The van der Waals surface area contributed by atoms with Gasteiger partial charge in [0.25, 0.3) is 0 Å². The van der Waals surface area contributed by atoms with Gasteiger partial charge in [-0.15, -0.1) is 24.0 Å². The number of carbonyl (C=O) groups excluding carboxylic acids is 1. The molecule has 1 fully saturated rings. The SMILES string of the molecule is CC(C)(C)OC(=O)N1CCN(C(N)=NCCCCn2ccccc2=O)CC1.I. The molecule has 2 heterocycles. The normalized spacial score (nSPS) is 15.2. The van der Waals surface area contributed by atoms with Crippen LogP contribution in [0.5, 0.6) is 0 Å². The lowest BCUT2D eigenvalue weighted by Gasteiger charge is -2.36. The van der Waals surface area contributed by atoms with Gasteiger partial charge in [0.05, 0.1) is 0 Å². The van der Waals surface area contributed by atoms with Gasteiger partial charge in [0.2, 0.25) is 5.56 Å². The molecule has 0 aromatic carbocycles. The Morgan fingerprint density at radius 1 is 1.14 bits per heavy atom. The van der Waals surface area contributed by atoms with Crippen LogP contribution < -0.4 is 11.3 Å². The third-order valence-electron chi connectivity index (χ3n) is 4.24. The van der Waals surface area contributed by atoms with Crippen molar-refractivity contribution >= 4 is 36.0 Å². The number of aryl methyl sites for hydroxylation is 1. The number of carbonyl (C=O) groups is 1. The summed E-state index contributed by atoms with van der Waals surface area (Å²) >= 11 is 0. The fraction of sp³-hybridized carbons (Fsp3) is 0.632. The van der Waals surface area contributed by atoms with E-state index in [1.807, 2.05) is 31.7 Å². The van der Waals surface area contributed by atoms with Crippen LogP contribution in [0.3, 0.4) is 0 Å². The van der Waals surface area contributed by atoms with Gasteiger partial charge in [-0.3, -0.25) is 9.79 Å². The zero-order valence-corrected chi connectivity index (χ0v) is 19.3. The molecule has 0 atom stereocenters. The zero-order chi connectivity index (χ0) is 19.9. The van der Waals surface area contributed by atoms with E-state index in [1.54, 1.807) is 27.8 Å². The van der Waals surface area contributed by atoms with Crippen LogP contribution in [0.15, 0.2) is 34.2 Å². The van der Waals surface area contributed by atoms with Gasteiger partial charge in [-0.25, -0.2) is 4.79 Å². The highest BCUT2D eigenvalue weighted by Gasteiger charge is 2.26. The van der Waals surface area contributed by atoms with Crippen molar-refractivity contribution in [2.45, 2.75) is 45.8 Å². The molecule has 0 bridgehead atoms. The summed E-state index contributed by atoms with van der Waals surface area (Å²) in [6.45, 7) is 9.33. The number of nitrogens with zero attached hydrogens (tertiary/aromatic N) is 4. The van der Waals surface area contributed by atoms with Crippen LogP contribution in [0.1, 0.15) is 33.6 Å². The number of guanidine groups is 1. The standard InChI is InChI=1S/C19H31N5O3.HI/c1-19(2,3)27-18(26)24-14-12-23(13-15-24)17(20)21-9-5-7-11-22-10-6-4-8-16(22)25;/h4,6,8,10H,5,7,9,11-15H2,1-3H3,(H2,20,21);1H. The number of pyridine rings is 1. The summed E-state index contributed by atoms with van der Waals surface area (Å²) in [6, 6.07) is 5.16. The highest BCUT2D eigenvalue weighted by molar-refractivity contribution is 14.0. The number of aromatic nitrogens is 1. The number of nitrogens with two attached hydrogens (primary N) is 1. The Morgan fingerprint density at radius 3 is 2.39 bits per heavy atom. The average molecular weight is 505 g/mol. The minimum atomic E-state index is -0.487. The minimum Gasteiger partial charge on any atom is -0.444 e. The molecule has 1 aromatic rings. The molecule has 1 aliphatic rings. The van der Waals surface area contributed by atoms with E-state index in [-0.39, 0.29) is 35.6 Å². The van der Waals surface area contributed by atoms with Crippen molar-refractivity contribution in [2.24, 2.45) is 10.7 Å². The van der Waals surface area contributed by atoms with Gasteiger partial charge in [-0.1, -0.05) is 6.07 Å². The molecule has 28 heavy (non-hydrogen) atoms. The first-order valence-corrected chi connectivity index (χ1v) is 9.44. The number of aliphatic imine (C=N–C) groups is 1. The first-order valence-electron chi connectivity index (χ1n) is 9.44. The number of hydrogen-bond acceptors (Lipinski definition) is 4. The quantitative estimate of drug-likeness (QED) is 0.287. The number of piperazine rings is 1. The number of hydrogen-bond donors (Lipinski definition) is 1. The second kappa shape index (κ2) is 11.3. The summed E-state index contributed by atoms with van der Waals surface area (Å²) in [5.41, 5.74) is 5.61. The highest BCUT2D eigenvalue weighted by Crippen LogP contribution is 2.11. The van der Waals surface area contributed by atoms with Crippen LogP contribution in [0.4, 0.5) is 4.79 Å². The Bertz CT molecular complexity index is 706. The number of amides is 1. The molecule has 2 rings (SSSR count). The molecule has 1 aromatic heterocycles. The van der Waals surface area contributed by atoms with Crippen LogP contribution in [0.2, 0.25) is 0 Å². The number of halogens is 1. The van der Waals surface area contributed by atoms with E-state index in [0.29, 0.717) is 45.2 Å². The van der Waals surface area contributed by atoms with Crippen molar-refractivity contribution < 1.29 is 9.53 Å². The summed E-state index contributed by atoms with van der Waals surface area (Å²) < 4.78 is 7.09. The molecule has 1 aliphatic heterocycles. The number of ether oxygens (including phenoxy) is 1. The van der Waals surface area contributed by atoms with E-state index in [2.05, 4.69) is 4.99 Å². The van der Waals surface area contributed by atoms with Crippen molar-refractivity contribution in [3.63, 3.8) is 0 Å². The van der Waals surface area contributed by atoms with Gasteiger partial charge in [0, 0.05) is 51.5 Å². The van der Waals surface area contributed by atoms with E-state index in [0.717, 1.165) is 12.8 Å². The third kappa shape index (κ3) is 8.07. The summed E-state index contributed by atoms with van der Waals surface area (Å²) in [6.07, 6.45) is 3.24. The largest absolute Gasteiger partial charge is 0.444 e. The Hall–Kier alpha value is -1.78. The molecule has 0 unspecified atom stereocenters. The molecule has 0 saturated carbocycles. The Labute approximate surface area is 183 Å². The smallest absolute Gasteiger partial charge is 0.410 e. The maximum atomic E-state index is 12.1. The molecular formula is C19H32IN5O3. The van der Waals surface area contributed by atoms with Crippen LogP contribution >= 0.6 is 24.0 Å². The summed E-state index contributed by atoms with van der Waals surface area (Å²) in [7, 11) is 0. The highest BCUT2D eigenvalue weighted by atomic mass is 127. The predicted octanol–water partition coefficient (Wildman–Crippen LogP) is 2.11. The van der Waals surface area contributed by atoms with Gasteiger partial charge < -0.3 is 24.8 Å². The maximum absolute atomic E-state index is 12.1. The lowest BCUT2D eigenvalue weighted by Crippen LogP contribution is -2.53. The Balaban J connectivity index is 0.00000392. The topological polar surface area (TPSA) is 93.2 Å². The number of rotatable bonds is 5. The van der Waals surface area contributed by atoms with E-state index in [9.17, 15) is 9.59 Å². The minimum absolute atomic E-state index is 0. The molecule has 0 aliphatic carbocycles. The van der Waals surface area contributed by atoms with Gasteiger partial charge in [-0.05, 0) is 39.7 Å². The van der Waals surface area contributed by atoms with Gasteiger partial charge in [0.1, 0.15) is 5.60 Å². The second-order valence-corrected chi connectivity index (χ2v) is 7.63. The fourth-order valence-corrected chi connectivity index (χ4v) is 2.78. The van der Waals surface area contributed by atoms with Crippen LogP contribution in [0.25, 0.3) is 0 Å². The fourth-order valence-electron chi connectivity index (χ4n) is 2.78. The Kier molecular flexibility index (Phi) is 9.77. The van der Waals surface area contributed by atoms with Gasteiger partial charge >= 0.3 is 6.09 Å². The lowest BCUT2D eigenvalue weighted by molar-refractivity contribution is 0.0186. The van der Waals surface area contributed by atoms with Gasteiger partial charge in [0.15, 0.2) is 5.96 Å². The summed E-state index contributed by atoms with van der Waals surface area (Å²) in [5.74, 6) is 0.510. The molecule has 158 valence electrons.